The van der Waals surface area contributed by atoms with Gasteiger partial charge in [0.2, 0.25) is 0 Å². The molecule has 9 heteroatoms. The maximum absolute atomic E-state index is 10.2. The van der Waals surface area contributed by atoms with Crippen LogP contribution in [0.2, 0.25) is 0 Å². The van der Waals surface area contributed by atoms with Crippen LogP contribution in [-0.2, 0) is 18.4 Å². The first-order valence-corrected chi connectivity index (χ1v) is 11.5. The SMILES string of the molecule is C[C@@H]1OCC2(CCN(c3nc4cnn(-c5cccc6ccn(C)c56)c4nc3CO)CC2)[C@@H]1N. The maximum atomic E-state index is 10.2. The summed E-state index contributed by atoms with van der Waals surface area (Å²) in [6.07, 6.45) is 5.77. The summed E-state index contributed by atoms with van der Waals surface area (Å²) >= 11 is 0. The van der Waals surface area contributed by atoms with Crippen LogP contribution in [0.25, 0.3) is 27.8 Å². The molecule has 0 bridgehead atoms. The van der Waals surface area contributed by atoms with Gasteiger partial charge in [0.05, 0.1) is 36.7 Å². The number of nitrogens with zero attached hydrogens (tertiary/aromatic N) is 6. The molecule has 172 valence electrons. The van der Waals surface area contributed by atoms with Crippen molar-refractivity contribution < 1.29 is 9.84 Å². The Labute approximate surface area is 191 Å². The number of benzene rings is 1. The Balaban J connectivity index is 1.37. The summed E-state index contributed by atoms with van der Waals surface area (Å²) in [5.74, 6) is 0.733. The van der Waals surface area contributed by atoms with E-state index in [0.717, 1.165) is 54.9 Å². The number of aliphatic hydroxyl groups is 1. The van der Waals surface area contributed by atoms with Crippen LogP contribution in [0.3, 0.4) is 0 Å². The molecule has 0 amide bonds. The molecule has 0 radical (unpaired) electrons. The van der Waals surface area contributed by atoms with E-state index in [1.807, 2.05) is 30.1 Å². The van der Waals surface area contributed by atoms with Gasteiger partial charge in [-0.05, 0) is 31.9 Å². The molecule has 4 aromatic rings. The molecule has 3 N–H and O–H groups in total. The van der Waals surface area contributed by atoms with Crippen LogP contribution in [0.15, 0.2) is 36.7 Å². The van der Waals surface area contributed by atoms with E-state index in [2.05, 4.69) is 33.6 Å². The van der Waals surface area contributed by atoms with Gasteiger partial charge in [0.1, 0.15) is 11.2 Å². The average molecular weight is 448 g/mol. The van der Waals surface area contributed by atoms with Gasteiger partial charge in [-0.3, -0.25) is 0 Å². The zero-order chi connectivity index (χ0) is 22.7. The number of nitrogens with two attached hydrogens (primary N) is 1. The third-order valence-electron chi connectivity index (χ3n) is 7.61. The average Bonchev–Trinajstić information content (AvgIpc) is 3.51. The van der Waals surface area contributed by atoms with Crippen molar-refractivity contribution in [3.8, 4) is 5.69 Å². The molecule has 0 unspecified atom stereocenters. The minimum absolute atomic E-state index is 0.0332. The number of aliphatic hydroxyl groups excluding tert-OH is 1. The third-order valence-corrected chi connectivity index (χ3v) is 7.61. The Morgan fingerprint density at radius 3 is 2.76 bits per heavy atom. The molecule has 3 aromatic heterocycles. The van der Waals surface area contributed by atoms with Crippen LogP contribution in [0.5, 0.6) is 0 Å². The number of para-hydroxylation sites is 1. The molecular formula is C24H29N7O2. The molecule has 1 spiro atoms. The first kappa shape index (κ1) is 20.6. The quantitative estimate of drug-likeness (QED) is 0.495. The van der Waals surface area contributed by atoms with E-state index in [1.165, 1.54) is 0 Å². The zero-order valence-electron chi connectivity index (χ0n) is 19.0. The summed E-state index contributed by atoms with van der Waals surface area (Å²) in [5, 5.41) is 15.9. The van der Waals surface area contributed by atoms with Crippen LogP contribution in [-0.4, -0.2) is 61.3 Å². The summed E-state index contributed by atoms with van der Waals surface area (Å²) in [4.78, 5) is 12.0. The van der Waals surface area contributed by atoms with Crippen molar-refractivity contribution in [3.63, 3.8) is 0 Å². The van der Waals surface area contributed by atoms with Gasteiger partial charge in [-0.2, -0.15) is 5.10 Å². The second-order valence-electron chi connectivity index (χ2n) is 9.45. The van der Waals surface area contributed by atoms with Crippen LogP contribution >= 0.6 is 0 Å². The van der Waals surface area contributed by atoms with E-state index >= 15 is 0 Å². The van der Waals surface area contributed by atoms with Crippen molar-refractivity contribution in [2.75, 3.05) is 24.6 Å². The molecule has 2 aliphatic rings. The highest BCUT2D eigenvalue weighted by Crippen LogP contribution is 2.42. The van der Waals surface area contributed by atoms with E-state index in [-0.39, 0.29) is 24.2 Å². The van der Waals surface area contributed by atoms with Crippen LogP contribution in [0.1, 0.15) is 25.5 Å². The number of anilines is 1. The van der Waals surface area contributed by atoms with E-state index in [1.54, 1.807) is 6.20 Å². The molecule has 6 rings (SSSR count). The lowest BCUT2D eigenvalue weighted by Crippen LogP contribution is -2.51. The molecule has 9 nitrogen and oxygen atoms in total. The molecule has 2 saturated heterocycles. The number of piperidine rings is 1. The van der Waals surface area contributed by atoms with Gasteiger partial charge in [-0.15, -0.1) is 0 Å². The predicted octanol–water partition coefficient (Wildman–Crippen LogP) is 2.13. The number of hydrogen-bond donors (Lipinski definition) is 2. The van der Waals surface area contributed by atoms with Gasteiger partial charge in [-0.25, -0.2) is 14.6 Å². The van der Waals surface area contributed by atoms with E-state index in [0.29, 0.717) is 16.9 Å². The van der Waals surface area contributed by atoms with Gasteiger partial charge < -0.3 is 25.0 Å². The van der Waals surface area contributed by atoms with Crippen molar-refractivity contribution in [2.45, 2.75) is 38.5 Å². The molecule has 1 aromatic carbocycles. The normalized spacial score (nSPS) is 22.7. The van der Waals surface area contributed by atoms with E-state index < -0.39 is 0 Å². The molecule has 2 atom stereocenters. The Kier molecular flexibility index (Phi) is 4.69. The highest BCUT2D eigenvalue weighted by molar-refractivity contribution is 5.89. The minimum atomic E-state index is -0.181. The maximum Gasteiger partial charge on any atom is 0.182 e. The topological polar surface area (TPSA) is 107 Å². The Morgan fingerprint density at radius 2 is 2.03 bits per heavy atom. The van der Waals surface area contributed by atoms with Crippen LogP contribution < -0.4 is 10.6 Å². The summed E-state index contributed by atoms with van der Waals surface area (Å²) in [5.41, 5.74) is 10.4. The zero-order valence-corrected chi connectivity index (χ0v) is 19.0. The summed E-state index contributed by atoms with van der Waals surface area (Å²) in [6, 6.07) is 8.27. The van der Waals surface area contributed by atoms with Crippen molar-refractivity contribution in [3.05, 3.63) is 42.4 Å². The van der Waals surface area contributed by atoms with Crippen molar-refractivity contribution in [1.29, 1.82) is 0 Å². The van der Waals surface area contributed by atoms with Gasteiger partial charge in [0.15, 0.2) is 11.5 Å². The van der Waals surface area contributed by atoms with Gasteiger partial charge >= 0.3 is 0 Å². The molecule has 5 heterocycles. The first-order valence-electron chi connectivity index (χ1n) is 11.5. The number of hydrogen-bond acceptors (Lipinski definition) is 7. The standard InChI is InChI=1S/C24H29N7O2/c1-15-21(25)24(14-33-15)7-10-30(11-8-24)22-18(13-32)28-23-17(27-22)12-26-31(23)19-5-3-4-16-6-9-29(2)20(16)19/h3-6,9,12,15,21,32H,7-8,10-11,13-14,25H2,1-2H3/t15-,21+/m0/s1. The predicted molar refractivity (Wildman–Crippen MR) is 126 cm³/mol. The van der Waals surface area contributed by atoms with Gasteiger partial charge in [-0.1, -0.05) is 12.1 Å². The highest BCUT2D eigenvalue weighted by atomic mass is 16.5. The Hall–Kier alpha value is -3.01. The monoisotopic (exact) mass is 447 g/mol. The highest BCUT2D eigenvalue weighted by Gasteiger charge is 2.47. The number of fused-ring (bicyclic) bond motifs is 2. The molecule has 2 aliphatic heterocycles. The lowest BCUT2D eigenvalue weighted by molar-refractivity contribution is 0.0973. The van der Waals surface area contributed by atoms with E-state index in [9.17, 15) is 5.11 Å². The fourth-order valence-corrected chi connectivity index (χ4v) is 5.55. The fraction of sp³-hybridized carbons (Fsp3) is 0.458. The first-order chi connectivity index (χ1) is 16.0. The Morgan fingerprint density at radius 1 is 1.21 bits per heavy atom. The van der Waals surface area contributed by atoms with Crippen LogP contribution in [0.4, 0.5) is 5.82 Å². The summed E-state index contributed by atoms with van der Waals surface area (Å²) in [6.45, 7) is 4.22. The summed E-state index contributed by atoms with van der Waals surface area (Å²) < 4.78 is 9.75. The van der Waals surface area contributed by atoms with Gasteiger partial charge in [0.25, 0.3) is 0 Å². The molecule has 0 saturated carbocycles. The molecule has 33 heavy (non-hydrogen) atoms. The minimum Gasteiger partial charge on any atom is -0.390 e. The number of ether oxygens (including phenoxy) is 1. The second kappa shape index (κ2) is 7.51. The lowest BCUT2D eigenvalue weighted by Gasteiger charge is -2.41. The number of rotatable bonds is 3. The second-order valence-corrected chi connectivity index (χ2v) is 9.45. The molecule has 2 fully saturated rings. The number of aromatic nitrogens is 5. The lowest BCUT2D eigenvalue weighted by atomic mass is 9.73. The smallest absolute Gasteiger partial charge is 0.182 e. The fourth-order valence-electron chi connectivity index (χ4n) is 5.55. The van der Waals surface area contributed by atoms with Crippen molar-refractivity contribution in [2.24, 2.45) is 18.2 Å². The van der Waals surface area contributed by atoms with Crippen molar-refractivity contribution >= 4 is 27.9 Å². The van der Waals surface area contributed by atoms with E-state index in [4.69, 9.17) is 20.4 Å². The Bertz CT molecular complexity index is 1340. The number of aryl methyl sites for hydroxylation is 1. The van der Waals surface area contributed by atoms with Crippen LogP contribution in [0, 0.1) is 5.41 Å². The summed E-state index contributed by atoms with van der Waals surface area (Å²) in [7, 11) is 2.02. The molecule has 0 aliphatic carbocycles. The van der Waals surface area contributed by atoms with Gasteiger partial charge in [0, 0.05) is 43.2 Å². The molecular weight excluding hydrogens is 418 g/mol. The third kappa shape index (κ3) is 3.07. The van der Waals surface area contributed by atoms with Crippen molar-refractivity contribution in [1.82, 2.24) is 24.3 Å². The largest absolute Gasteiger partial charge is 0.390 e.